The van der Waals surface area contributed by atoms with Gasteiger partial charge in [-0.2, -0.15) is 0 Å². The first-order chi connectivity index (χ1) is 11.0. The monoisotopic (exact) mass is 328 g/mol. The molecule has 0 saturated heterocycles. The first-order valence-electron chi connectivity index (χ1n) is 7.49. The molecule has 0 atom stereocenters. The number of halogens is 1. The summed E-state index contributed by atoms with van der Waals surface area (Å²) in [7, 11) is 0. The van der Waals surface area contributed by atoms with E-state index in [1.807, 2.05) is 18.2 Å². The summed E-state index contributed by atoms with van der Waals surface area (Å²) in [5.41, 5.74) is 6.70. The van der Waals surface area contributed by atoms with Crippen molar-refractivity contribution in [2.75, 3.05) is 5.32 Å². The number of primary amides is 1. The second kappa shape index (κ2) is 6.05. The van der Waals surface area contributed by atoms with Gasteiger partial charge in [-0.25, -0.2) is 0 Å². The maximum atomic E-state index is 12.8. The molecular formula is C18H17ClN2O2. The molecule has 1 saturated carbocycles. The molecule has 3 rings (SSSR count). The van der Waals surface area contributed by atoms with E-state index in [0.717, 1.165) is 24.8 Å². The van der Waals surface area contributed by atoms with Crippen molar-refractivity contribution in [2.24, 2.45) is 5.73 Å². The first kappa shape index (κ1) is 15.6. The molecule has 0 aliphatic heterocycles. The highest BCUT2D eigenvalue weighted by Crippen LogP contribution is 2.45. The predicted octanol–water partition coefficient (Wildman–Crippen LogP) is 3.50. The van der Waals surface area contributed by atoms with E-state index >= 15 is 0 Å². The molecular weight excluding hydrogens is 312 g/mol. The van der Waals surface area contributed by atoms with Crippen LogP contribution in [0.25, 0.3) is 0 Å². The van der Waals surface area contributed by atoms with Crippen molar-refractivity contribution in [3.63, 3.8) is 0 Å². The van der Waals surface area contributed by atoms with Crippen molar-refractivity contribution in [1.29, 1.82) is 0 Å². The van der Waals surface area contributed by atoms with Gasteiger partial charge in [-0.15, -0.1) is 0 Å². The van der Waals surface area contributed by atoms with Crippen molar-refractivity contribution in [3.05, 3.63) is 64.7 Å². The van der Waals surface area contributed by atoms with Crippen molar-refractivity contribution in [2.45, 2.75) is 24.7 Å². The largest absolute Gasteiger partial charge is 0.366 e. The SMILES string of the molecule is NC(=O)c1ccc(NC(=O)C2(c3cccc(Cl)c3)CCC2)cc1. The number of nitrogens with one attached hydrogen (secondary N) is 1. The van der Waals surface area contributed by atoms with Gasteiger partial charge in [0, 0.05) is 16.3 Å². The molecule has 23 heavy (non-hydrogen) atoms. The summed E-state index contributed by atoms with van der Waals surface area (Å²) < 4.78 is 0. The van der Waals surface area contributed by atoms with Crippen LogP contribution in [0.1, 0.15) is 35.2 Å². The van der Waals surface area contributed by atoms with Gasteiger partial charge in [0.2, 0.25) is 11.8 Å². The summed E-state index contributed by atoms with van der Waals surface area (Å²) in [6.07, 6.45) is 2.62. The standard InChI is InChI=1S/C18H17ClN2O2/c19-14-4-1-3-13(11-14)18(9-2-10-18)17(23)21-15-7-5-12(6-8-15)16(20)22/h1,3-8,11H,2,9-10H2,(H2,20,22)(H,21,23). The third-order valence-electron chi connectivity index (χ3n) is 4.45. The van der Waals surface area contributed by atoms with Gasteiger partial charge in [-0.1, -0.05) is 30.2 Å². The summed E-state index contributed by atoms with van der Waals surface area (Å²) in [6, 6.07) is 14.0. The van der Waals surface area contributed by atoms with Gasteiger partial charge in [0.1, 0.15) is 0 Å². The van der Waals surface area contributed by atoms with Crippen molar-refractivity contribution >= 4 is 29.1 Å². The van der Waals surface area contributed by atoms with Crippen LogP contribution >= 0.6 is 11.6 Å². The van der Waals surface area contributed by atoms with Crippen LogP contribution in [0.2, 0.25) is 5.02 Å². The van der Waals surface area contributed by atoms with E-state index in [0.29, 0.717) is 16.3 Å². The molecule has 0 unspecified atom stereocenters. The summed E-state index contributed by atoms with van der Waals surface area (Å²) in [6.45, 7) is 0. The van der Waals surface area contributed by atoms with Crippen LogP contribution in [-0.4, -0.2) is 11.8 Å². The molecule has 4 nitrogen and oxygen atoms in total. The zero-order valence-electron chi connectivity index (χ0n) is 12.5. The molecule has 118 valence electrons. The van der Waals surface area contributed by atoms with Crippen LogP contribution in [-0.2, 0) is 10.2 Å². The van der Waals surface area contributed by atoms with Crippen LogP contribution in [0.4, 0.5) is 5.69 Å². The highest BCUT2D eigenvalue weighted by molar-refractivity contribution is 6.30. The number of hydrogen-bond donors (Lipinski definition) is 2. The zero-order chi connectivity index (χ0) is 16.4. The van der Waals surface area contributed by atoms with Gasteiger partial charge in [-0.3, -0.25) is 9.59 Å². The maximum absolute atomic E-state index is 12.8. The highest BCUT2D eigenvalue weighted by Gasteiger charge is 2.45. The average Bonchev–Trinajstić information content (AvgIpc) is 2.46. The van der Waals surface area contributed by atoms with Crippen LogP contribution in [0.3, 0.4) is 0 Å². The van der Waals surface area contributed by atoms with Crippen LogP contribution < -0.4 is 11.1 Å². The van der Waals surface area contributed by atoms with E-state index in [1.165, 1.54) is 0 Å². The predicted molar refractivity (Wildman–Crippen MR) is 90.6 cm³/mol. The Kier molecular flexibility index (Phi) is 4.09. The molecule has 5 heteroatoms. The fourth-order valence-corrected chi connectivity index (χ4v) is 3.12. The van der Waals surface area contributed by atoms with E-state index in [4.69, 9.17) is 17.3 Å². The van der Waals surface area contributed by atoms with E-state index in [-0.39, 0.29) is 5.91 Å². The summed E-state index contributed by atoms with van der Waals surface area (Å²) >= 11 is 6.07. The summed E-state index contributed by atoms with van der Waals surface area (Å²) in [4.78, 5) is 23.9. The van der Waals surface area contributed by atoms with E-state index in [1.54, 1.807) is 30.3 Å². The second-order valence-electron chi connectivity index (χ2n) is 5.84. The Hall–Kier alpha value is -2.33. The molecule has 1 aliphatic rings. The van der Waals surface area contributed by atoms with Crippen LogP contribution in [0, 0.1) is 0 Å². The average molecular weight is 329 g/mol. The molecule has 2 aromatic carbocycles. The van der Waals surface area contributed by atoms with Crippen LogP contribution in [0.5, 0.6) is 0 Å². The number of carbonyl (C=O) groups is 2. The van der Waals surface area contributed by atoms with Gasteiger partial charge in [0.15, 0.2) is 0 Å². The third kappa shape index (κ3) is 2.94. The number of hydrogen-bond acceptors (Lipinski definition) is 2. The van der Waals surface area contributed by atoms with Gasteiger partial charge >= 0.3 is 0 Å². The zero-order valence-corrected chi connectivity index (χ0v) is 13.3. The molecule has 2 aromatic rings. The molecule has 1 fully saturated rings. The van der Waals surface area contributed by atoms with Crippen molar-refractivity contribution < 1.29 is 9.59 Å². The Labute approximate surface area is 139 Å². The number of carbonyl (C=O) groups excluding carboxylic acids is 2. The van der Waals surface area contributed by atoms with Crippen LogP contribution in [0.15, 0.2) is 48.5 Å². The Balaban J connectivity index is 1.82. The normalized spacial score (nSPS) is 15.5. The number of nitrogens with two attached hydrogens (primary N) is 1. The lowest BCUT2D eigenvalue weighted by molar-refractivity contribution is -0.124. The lowest BCUT2D eigenvalue weighted by atomic mass is 9.64. The Morgan fingerprint density at radius 3 is 2.30 bits per heavy atom. The van der Waals surface area contributed by atoms with E-state index < -0.39 is 11.3 Å². The third-order valence-corrected chi connectivity index (χ3v) is 4.68. The lowest BCUT2D eigenvalue weighted by Gasteiger charge is -2.40. The second-order valence-corrected chi connectivity index (χ2v) is 6.28. The van der Waals surface area contributed by atoms with Gasteiger partial charge < -0.3 is 11.1 Å². The molecule has 0 radical (unpaired) electrons. The molecule has 0 heterocycles. The minimum atomic E-state index is -0.521. The van der Waals surface area contributed by atoms with Crippen molar-refractivity contribution in [1.82, 2.24) is 0 Å². The minimum Gasteiger partial charge on any atom is -0.366 e. The highest BCUT2D eigenvalue weighted by atomic mass is 35.5. The molecule has 0 aromatic heterocycles. The van der Waals surface area contributed by atoms with E-state index in [2.05, 4.69) is 5.32 Å². The smallest absolute Gasteiger partial charge is 0.248 e. The topological polar surface area (TPSA) is 72.2 Å². The molecule has 3 N–H and O–H groups in total. The van der Waals surface area contributed by atoms with Gasteiger partial charge in [-0.05, 0) is 54.8 Å². The molecule has 1 aliphatic carbocycles. The quantitative estimate of drug-likeness (QED) is 0.901. The fraction of sp³-hybridized carbons (Fsp3) is 0.222. The van der Waals surface area contributed by atoms with Crippen molar-refractivity contribution in [3.8, 4) is 0 Å². The number of anilines is 1. The van der Waals surface area contributed by atoms with Gasteiger partial charge in [0.25, 0.3) is 0 Å². The molecule has 0 spiro atoms. The Bertz CT molecular complexity index is 752. The number of benzene rings is 2. The maximum Gasteiger partial charge on any atom is 0.248 e. The van der Waals surface area contributed by atoms with Gasteiger partial charge in [0.05, 0.1) is 5.41 Å². The number of amides is 2. The first-order valence-corrected chi connectivity index (χ1v) is 7.86. The summed E-state index contributed by atoms with van der Waals surface area (Å²) in [5.74, 6) is -0.532. The lowest BCUT2D eigenvalue weighted by Crippen LogP contribution is -2.46. The summed E-state index contributed by atoms with van der Waals surface area (Å²) in [5, 5.41) is 3.57. The number of rotatable bonds is 4. The molecule has 0 bridgehead atoms. The fourth-order valence-electron chi connectivity index (χ4n) is 2.93. The van der Waals surface area contributed by atoms with E-state index in [9.17, 15) is 9.59 Å². The Morgan fingerprint density at radius 2 is 1.78 bits per heavy atom. The Morgan fingerprint density at radius 1 is 1.09 bits per heavy atom. The molecule has 2 amide bonds. The minimum absolute atomic E-state index is 0.0437.